The maximum Gasteiger partial charge on any atom is 0.263 e. The van der Waals surface area contributed by atoms with E-state index in [1.807, 2.05) is 37.3 Å². The number of nitrogens with zero attached hydrogens (tertiary/aromatic N) is 3. The molecule has 0 spiro atoms. The normalized spacial score (nSPS) is 11.9. The lowest BCUT2D eigenvalue weighted by Gasteiger charge is -2.17. The van der Waals surface area contributed by atoms with Gasteiger partial charge in [-0.1, -0.05) is 25.1 Å². The van der Waals surface area contributed by atoms with Gasteiger partial charge in [-0.05, 0) is 18.6 Å². The number of carbonyl (C=O) groups is 2. The predicted molar refractivity (Wildman–Crippen MR) is 134 cm³/mol. The fourth-order valence-corrected chi connectivity index (χ4v) is 4.12. The van der Waals surface area contributed by atoms with E-state index in [9.17, 15) is 9.59 Å². The molecular formula is C25H27N5O4S. The topological polar surface area (TPSA) is 119 Å². The van der Waals surface area contributed by atoms with Gasteiger partial charge >= 0.3 is 0 Å². The van der Waals surface area contributed by atoms with Crippen molar-refractivity contribution in [2.75, 3.05) is 20.3 Å². The molecule has 1 aromatic carbocycles. The number of hydrogen-bond donors (Lipinski definition) is 2. The summed E-state index contributed by atoms with van der Waals surface area (Å²) in [6.45, 7) is 2.46. The van der Waals surface area contributed by atoms with E-state index in [1.54, 1.807) is 18.8 Å². The minimum Gasteiger partial charge on any atom is -0.480 e. The SMILES string of the molecule is CCC(=O)CCCOC[C@H](NC(=O)c1cncs1)c1ncc(-c2cc3ccccc3nc2OC)[nH]1. The van der Waals surface area contributed by atoms with Crippen LogP contribution in [-0.2, 0) is 9.53 Å². The number of Topliss-reactive ketones (excluding diaryl/α,β-unsaturated/α-hetero) is 1. The van der Waals surface area contributed by atoms with Crippen molar-refractivity contribution < 1.29 is 19.1 Å². The summed E-state index contributed by atoms with van der Waals surface area (Å²) in [5.74, 6) is 0.959. The Morgan fingerprint density at radius 1 is 1.23 bits per heavy atom. The molecule has 0 unspecified atom stereocenters. The van der Waals surface area contributed by atoms with Gasteiger partial charge in [0, 0.05) is 24.8 Å². The first-order valence-corrected chi connectivity index (χ1v) is 12.2. The number of imidazole rings is 1. The molecule has 0 bridgehead atoms. The molecule has 0 aliphatic carbocycles. The van der Waals surface area contributed by atoms with E-state index >= 15 is 0 Å². The van der Waals surface area contributed by atoms with Crippen molar-refractivity contribution in [3.63, 3.8) is 0 Å². The fraction of sp³-hybridized carbons (Fsp3) is 0.320. The highest BCUT2D eigenvalue weighted by atomic mass is 32.1. The van der Waals surface area contributed by atoms with Crippen LogP contribution < -0.4 is 10.1 Å². The maximum atomic E-state index is 12.7. The second-order valence-corrected chi connectivity index (χ2v) is 8.77. The third kappa shape index (κ3) is 6.09. The third-order valence-electron chi connectivity index (χ3n) is 5.48. The summed E-state index contributed by atoms with van der Waals surface area (Å²) in [7, 11) is 1.58. The summed E-state index contributed by atoms with van der Waals surface area (Å²) in [5, 5.41) is 3.94. The van der Waals surface area contributed by atoms with Crippen molar-refractivity contribution >= 4 is 33.9 Å². The summed E-state index contributed by atoms with van der Waals surface area (Å²) in [4.78, 5) is 41.1. The molecule has 1 atom stereocenters. The quantitative estimate of drug-likeness (QED) is 0.282. The van der Waals surface area contributed by atoms with Gasteiger partial charge in [-0.3, -0.25) is 14.6 Å². The standard InChI is InChI=1S/C25H27N5O4S/c1-3-17(31)8-6-10-34-14-21(29-24(32)22-13-26-15-35-22)23-27-12-20(28-23)18-11-16-7-4-5-9-19(16)30-25(18)33-2/h4-5,7,9,11-13,15,21H,3,6,8,10,14H2,1-2H3,(H,27,28)(H,29,32)/t21-/m0/s1. The first-order chi connectivity index (χ1) is 17.1. The van der Waals surface area contributed by atoms with Gasteiger partial charge in [0.05, 0.1) is 48.4 Å². The zero-order chi connectivity index (χ0) is 24.6. The Labute approximate surface area is 206 Å². The molecule has 4 rings (SSSR count). The van der Waals surface area contributed by atoms with Crippen LogP contribution in [0.3, 0.4) is 0 Å². The summed E-state index contributed by atoms with van der Waals surface area (Å²) < 4.78 is 11.3. The Kier molecular flexibility index (Phi) is 8.17. The molecule has 0 saturated carbocycles. The van der Waals surface area contributed by atoms with Gasteiger partial charge in [-0.15, -0.1) is 11.3 Å². The lowest BCUT2D eigenvalue weighted by molar-refractivity contribution is -0.119. The van der Waals surface area contributed by atoms with Crippen LogP contribution >= 0.6 is 11.3 Å². The van der Waals surface area contributed by atoms with Crippen LogP contribution in [0.5, 0.6) is 5.88 Å². The number of nitrogens with one attached hydrogen (secondary N) is 2. The minimum absolute atomic E-state index is 0.199. The number of pyridine rings is 1. The molecule has 10 heteroatoms. The maximum absolute atomic E-state index is 12.7. The molecule has 3 aromatic heterocycles. The number of amides is 1. The highest BCUT2D eigenvalue weighted by Gasteiger charge is 2.21. The number of fused-ring (bicyclic) bond motifs is 1. The highest BCUT2D eigenvalue weighted by Crippen LogP contribution is 2.31. The Morgan fingerprint density at radius 3 is 2.86 bits per heavy atom. The van der Waals surface area contributed by atoms with Crippen LogP contribution in [0.25, 0.3) is 22.2 Å². The molecule has 0 aliphatic heterocycles. The van der Waals surface area contributed by atoms with E-state index in [4.69, 9.17) is 9.47 Å². The lowest BCUT2D eigenvalue weighted by Crippen LogP contribution is -2.32. The highest BCUT2D eigenvalue weighted by molar-refractivity contribution is 7.11. The second kappa shape index (κ2) is 11.7. The number of hydrogen-bond acceptors (Lipinski definition) is 8. The van der Waals surface area contributed by atoms with Gasteiger partial charge in [-0.2, -0.15) is 0 Å². The molecule has 35 heavy (non-hydrogen) atoms. The number of aromatic amines is 1. The Morgan fingerprint density at radius 2 is 2.09 bits per heavy atom. The number of ketones is 1. The molecular weight excluding hydrogens is 466 g/mol. The number of aromatic nitrogens is 4. The smallest absolute Gasteiger partial charge is 0.263 e. The molecule has 0 saturated heterocycles. The molecule has 2 N–H and O–H groups in total. The Hall–Kier alpha value is -3.63. The molecule has 0 radical (unpaired) electrons. The summed E-state index contributed by atoms with van der Waals surface area (Å²) in [6.07, 6.45) is 4.85. The first kappa shape index (κ1) is 24.5. The molecule has 4 aromatic rings. The number of carbonyl (C=O) groups excluding carboxylic acids is 2. The van der Waals surface area contributed by atoms with Crippen molar-refractivity contribution in [1.82, 2.24) is 25.3 Å². The number of methoxy groups -OCH3 is 1. The van der Waals surface area contributed by atoms with Gasteiger partial charge < -0.3 is 19.8 Å². The average molecular weight is 494 g/mol. The van der Waals surface area contributed by atoms with E-state index < -0.39 is 6.04 Å². The Bertz CT molecular complexity index is 1290. The van der Waals surface area contributed by atoms with Gasteiger partial charge in [0.1, 0.15) is 22.5 Å². The number of rotatable bonds is 12. The van der Waals surface area contributed by atoms with Crippen LogP contribution in [0.4, 0.5) is 0 Å². The number of benzene rings is 1. The average Bonchev–Trinajstić information content (AvgIpc) is 3.59. The molecule has 182 valence electrons. The van der Waals surface area contributed by atoms with Gasteiger partial charge in [0.2, 0.25) is 5.88 Å². The molecule has 0 fully saturated rings. The zero-order valence-corrected chi connectivity index (χ0v) is 20.4. The van der Waals surface area contributed by atoms with Gasteiger partial charge in [-0.25, -0.2) is 9.97 Å². The first-order valence-electron chi connectivity index (χ1n) is 11.4. The van der Waals surface area contributed by atoms with Crippen molar-refractivity contribution in [2.45, 2.75) is 32.2 Å². The lowest BCUT2D eigenvalue weighted by atomic mass is 10.1. The van der Waals surface area contributed by atoms with E-state index in [2.05, 4.69) is 25.3 Å². The molecule has 3 heterocycles. The second-order valence-electron chi connectivity index (χ2n) is 7.88. The van der Waals surface area contributed by atoms with E-state index in [0.717, 1.165) is 16.5 Å². The van der Waals surface area contributed by atoms with Crippen LogP contribution in [0.1, 0.15) is 47.7 Å². The zero-order valence-electron chi connectivity index (χ0n) is 19.6. The van der Waals surface area contributed by atoms with Crippen LogP contribution in [0.2, 0.25) is 0 Å². The van der Waals surface area contributed by atoms with Crippen LogP contribution in [0, 0.1) is 0 Å². The van der Waals surface area contributed by atoms with Gasteiger partial charge in [0.15, 0.2) is 0 Å². The summed E-state index contributed by atoms with van der Waals surface area (Å²) >= 11 is 1.26. The number of para-hydroxylation sites is 1. The largest absolute Gasteiger partial charge is 0.480 e. The van der Waals surface area contributed by atoms with Crippen LogP contribution in [-0.4, -0.2) is 51.9 Å². The van der Waals surface area contributed by atoms with E-state index in [-0.39, 0.29) is 18.3 Å². The number of ether oxygens (including phenoxy) is 2. The molecule has 1 amide bonds. The van der Waals surface area contributed by atoms with Crippen molar-refractivity contribution in [3.05, 3.63) is 58.9 Å². The fourth-order valence-electron chi connectivity index (χ4n) is 3.59. The van der Waals surface area contributed by atoms with Gasteiger partial charge in [0.25, 0.3) is 5.91 Å². The summed E-state index contributed by atoms with van der Waals surface area (Å²) in [6, 6.07) is 9.25. The minimum atomic E-state index is -0.528. The predicted octanol–water partition coefficient (Wildman–Crippen LogP) is 4.34. The number of H-pyrrole nitrogens is 1. The van der Waals surface area contributed by atoms with Crippen molar-refractivity contribution in [3.8, 4) is 17.1 Å². The monoisotopic (exact) mass is 493 g/mol. The van der Waals surface area contributed by atoms with E-state index in [0.29, 0.717) is 48.1 Å². The van der Waals surface area contributed by atoms with Crippen molar-refractivity contribution in [1.29, 1.82) is 0 Å². The molecule has 9 nitrogen and oxygen atoms in total. The Balaban J connectivity index is 1.54. The molecule has 0 aliphatic rings. The van der Waals surface area contributed by atoms with Crippen LogP contribution in [0.15, 0.2) is 48.2 Å². The third-order valence-corrected chi connectivity index (χ3v) is 6.25. The summed E-state index contributed by atoms with van der Waals surface area (Å²) in [5.41, 5.74) is 3.91. The van der Waals surface area contributed by atoms with E-state index in [1.165, 1.54) is 17.5 Å². The van der Waals surface area contributed by atoms with Crippen molar-refractivity contribution in [2.24, 2.45) is 0 Å². The number of thiazole rings is 1.